The number of nitrogens with zero attached hydrogens (tertiary/aromatic N) is 2. The van der Waals surface area contributed by atoms with Gasteiger partial charge in [-0.15, -0.1) is 0 Å². The third-order valence-corrected chi connectivity index (χ3v) is 4.28. The van der Waals surface area contributed by atoms with E-state index in [0.717, 1.165) is 16.7 Å². The highest BCUT2D eigenvalue weighted by molar-refractivity contribution is 5.73. The number of aromatic nitrogens is 1. The molecule has 0 amide bonds. The molecule has 7 heteroatoms. The summed E-state index contributed by atoms with van der Waals surface area (Å²) in [6.45, 7) is 0.686. The molecule has 1 heterocycles. The van der Waals surface area contributed by atoms with Crippen molar-refractivity contribution in [2.75, 3.05) is 7.11 Å². The van der Waals surface area contributed by atoms with E-state index < -0.39 is 4.92 Å². The molecule has 1 aromatic heterocycles. The number of rotatable bonds is 6. The average Bonchev–Trinajstić information content (AvgIpc) is 2.69. The number of non-ortho nitro benzene ring substituents is 1. The summed E-state index contributed by atoms with van der Waals surface area (Å²) in [5.41, 5.74) is 8.49. The van der Waals surface area contributed by atoms with Crippen molar-refractivity contribution in [2.45, 2.75) is 13.1 Å². The minimum atomic E-state index is -0.432. The molecule has 2 aromatic carbocycles. The summed E-state index contributed by atoms with van der Waals surface area (Å²) in [4.78, 5) is 22.8. The standard InChI is InChI=1S/C20H19N3O4/c1-27-19-6-5-15(13-22-8-7-14(12-21)10-20(22)24)9-18(19)16-3-2-4-17(11-16)23(25)26/h2-11H,12-13,21H2,1H3. The summed E-state index contributed by atoms with van der Waals surface area (Å²) in [6, 6.07) is 15.2. The molecule has 0 spiro atoms. The molecule has 0 aliphatic rings. The third-order valence-electron chi connectivity index (χ3n) is 4.28. The van der Waals surface area contributed by atoms with Crippen molar-refractivity contribution in [3.8, 4) is 16.9 Å². The van der Waals surface area contributed by atoms with E-state index >= 15 is 0 Å². The van der Waals surface area contributed by atoms with Crippen LogP contribution in [-0.4, -0.2) is 16.6 Å². The Labute approximate surface area is 155 Å². The quantitative estimate of drug-likeness (QED) is 0.535. The van der Waals surface area contributed by atoms with Crippen molar-refractivity contribution in [3.05, 3.63) is 92.4 Å². The van der Waals surface area contributed by atoms with Gasteiger partial charge in [0.05, 0.1) is 18.6 Å². The molecule has 0 bridgehead atoms. The number of pyridine rings is 1. The van der Waals surface area contributed by atoms with E-state index in [2.05, 4.69) is 0 Å². The maximum absolute atomic E-state index is 12.2. The van der Waals surface area contributed by atoms with Crippen molar-refractivity contribution in [2.24, 2.45) is 5.73 Å². The van der Waals surface area contributed by atoms with Crippen molar-refractivity contribution < 1.29 is 9.66 Å². The molecule has 0 saturated heterocycles. The minimum absolute atomic E-state index is 0.00792. The molecule has 3 rings (SSSR count). The Morgan fingerprint density at radius 3 is 2.59 bits per heavy atom. The number of hydrogen-bond acceptors (Lipinski definition) is 5. The van der Waals surface area contributed by atoms with Crippen LogP contribution in [0.3, 0.4) is 0 Å². The lowest BCUT2D eigenvalue weighted by atomic mass is 10.0. The third kappa shape index (κ3) is 4.04. The van der Waals surface area contributed by atoms with E-state index in [1.165, 1.54) is 18.2 Å². The second-order valence-corrected chi connectivity index (χ2v) is 6.05. The van der Waals surface area contributed by atoms with Gasteiger partial charge in [0.15, 0.2) is 0 Å². The highest BCUT2D eigenvalue weighted by Gasteiger charge is 2.12. The van der Waals surface area contributed by atoms with Crippen LogP contribution in [0.5, 0.6) is 5.75 Å². The topological polar surface area (TPSA) is 100 Å². The van der Waals surface area contributed by atoms with Crippen LogP contribution in [0.15, 0.2) is 65.6 Å². The fourth-order valence-corrected chi connectivity index (χ4v) is 2.87. The summed E-state index contributed by atoms with van der Waals surface area (Å²) >= 11 is 0. The summed E-state index contributed by atoms with van der Waals surface area (Å²) < 4.78 is 6.99. The van der Waals surface area contributed by atoms with Gasteiger partial charge in [-0.1, -0.05) is 18.2 Å². The minimum Gasteiger partial charge on any atom is -0.496 e. The van der Waals surface area contributed by atoms with Gasteiger partial charge >= 0.3 is 0 Å². The van der Waals surface area contributed by atoms with Crippen LogP contribution in [0, 0.1) is 10.1 Å². The van der Waals surface area contributed by atoms with Gasteiger partial charge in [-0.3, -0.25) is 14.9 Å². The maximum Gasteiger partial charge on any atom is 0.270 e. The van der Waals surface area contributed by atoms with Crippen LogP contribution in [0.2, 0.25) is 0 Å². The number of methoxy groups -OCH3 is 1. The molecule has 138 valence electrons. The Kier molecular flexibility index (Phi) is 5.33. The first kappa shape index (κ1) is 18.3. The van der Waals surface area contributed by atoms with Crippen LogP contribution < -0.4 is 16.0 Å². The van der Waals surface area contributed by atoms with E-state index in [4.69, 9.17) is 10.5 Å². The van der Waals surface area contributed by atoms with Gasteiger partial charge in [-0.2, -0.15) is 0 Å². The molecule has 7 nitrogen and oxygen atoms in total. The SMILES string of the molecule is COc1ccc(Cn2ccc(CN)cc2=O)cc1-c1cccc([N+](=O)[O-])c1. The molecule has 0 radical (unpaired) electrons. The zero-order valence-corrected chi connectivity index (χ0v) is 14.8. The number of nitro groups is 1. The molecule has 2 N–H and O–H groups in total. The van der Waals surface area contributed by atoms with E-state index in [9.17, 15) is 14.9 Å². The zero-order valence-electron chi connectivity index (χ0n) is 14.8. The van der Waals surface area contributed by atoms with Gasteiger partial charge in [-0.05, 0) is 34.9 Å². The first-order valence-electron chi connectivity index (χ1n) is 8.33. The average molecular weight is 365 g/mol. The Hall–Kier alpha value is -3.45. The van der Waals surface area contributed by atoms with Crippen molar-refractivity contribution >= 4 is 5.69 Å². The van der Waals surface area contributed by atoms with Crippen LogP contribution in [0.4, 0.5) is 5.69 Å². The van der Waals surface area contributed by atoms with Crippen molar-refractivity contribution in [3.63, 3.8) is 0 Å². The number of nitro benzene ring substituents is 1. The number of ether oxygens (including phenoxy) is 1. The Morgan fingerprint density at radius 2 is 1.93 bits per heavy atom. The summed E-state index contributed by atoms with van der Waals surface area (Å²) in [5, 5.41) is 11.1. The van der Waals surface area contributed by atoms with E-state index in [1.54, 1.807) is 36.1 Å². The van der Waals surface area contributed by atoms with Crippen LogP contribution in [-0.2, 0) is 13.1 Å². The van der Waals surface area contributed by atoms with Crippen LogP contribution in [0.1, 0.15) is 11.1 Å². The second kappa shape index (κ2) is 7.84. The van der Waals surface area contributed by atoms with Gasteiger partial charge < -0.3 is 15.0 Å². The van der Waals surface area contributed by atoms with Crippen molar-refractivity contribution in [1.29, 1.82) is 0 Å². The fourth-order valence-electron chi connectivity index (χ4n) is 2.87. The first-order valence-corrected chi connectivity index (χ1v) is 8.33. The Morgan fingerprint density at radius 1 is 1.11 bits per heavy atom. The molecular weight excluding hydrogens is 346 g/mol. The molecule has 0 atom stereocenters. The van der Waals surface area contributed by atoms with E-state index in [0.29, 0.717) is 24.4 Å². The molecule has 0 unspecified atom stereocenters. The molecular formula is C20H19N3O4. The largest absolute Gasteiger partial charge is 0.496 e. The lowest BCUT2D eigenvalue weighted by Gasteiger charge is -2.12. The van der Waals surface area contributed by atoms with E-state index in [-0.39, 0.29) is 11.2 Å². The number of nitrogens with two attached hydrogens (primary N) is 1. The molecule has 0 aliphatic heterocycles. The van der Waals surface area contributed by atoms with Gasteiger partial charge in [-0.25, -0.2) is 0 Å². The predicted molar refractivity (Wildman–Crippen MR) is 103 cm³/mol. The van der Waals surface area contributed by atoms with Gasteiger partial charge in [0.25, 0.3) is 11.2 Å². The lowest BCUT2D eigenvalue weighted by Crippen LogP contribution is -2.20. The molecule has 0 fully saturated rings. The monoisotopic (exact) mass is 365 g/mol. The van der Waals surface area contributed by atoms with E-state index in [1.807, 2.05) is 18.2 Å². The van der Waals surface area contributed by atoms with Gasteiger partial charge in [0, 0.05) is 36.5 Å². The van der Waals surface area contributed by atoms with Crippen LogP contribution >= 0.6 is 0 Å². The number of benzene rings is 2. The van der Waals surface area contributed by atoms with Gasteiger partial charge in [0.1, 0.15) is 5.75 Å². The molecule has 0 saturated carbocycles. The number of hydrogen-bond donors (Lipinski definition) is 1. The van der Waals surface area contributed by atoms with Gasteiger partial charge in [0.2, 0.25) is 0 Å². The lowest BCUT2D eigenvalue weighted by molar-refractivity contribution is -0.384. The summed E-state index contributed by atoms with van der Waals surface area (Å²) in [5.74, 6) is 0.602. The van der Waals surface area contributed by atoms with Crippen LogP contribution in [0.25, 0.3) is 11.1 Å². The Bertz CT molecular complexity index is 1040. The smallest absolute Gasteiger partial charge is 0.270 e. The normalized spacial score (nSPS) is 10.6. The first-order chi connectivity index (χ1) is 13.0. The highest BCUT2D eigenvalue weighted by Crippen LogP contribution is 2.33. The summed E-state index contributed by atoms with van der Waals surface area (Å²) in [6.07, 6.45) is 1.71. The highest BCUT2D eigenvalue weighted by atomic mass is 16.6. The zero-order chi connectivity index (χ0) is 19.4. The molecule has 27 heavy (non-hydrogen) atoms. The predicted octanol–water partition coefficient (Wildman–Crippen LogP) is 2.94. The summed E-state index contributed by atoms with van der Waals surface area (Å²) in [7, 11) is 1.55. The fraction of sp³-hybridized carbons (Fsp3) is 0.150. The second-order valence-electron chi connectivity index (χ2n) is 6.05. The Balaban J connectivity index is 2.00. The van der Waals surface area contributed by atoms with Crippen molar-refractivity contribution in [1.82, 2.24) is 4.57 Å². The molecule has 0 aliphatic carbocycles. The molecule has 3 aromatic rings. The maximum atomic E-state index is 12.2.